The van der Waals surface area contributed by atoms with Crippen molar-refractivity contribution in [2.75, 3.05) is 32.9 Å². The molecule has 0 N–H and O–H groups in total. The monoisotopic (exact) mass is 301 g/mol. The van der Waals surface area contributed by atoms with Crippen molar-refractivity contribution in [3.05, 3.63) is 0 Å². The molecule has 0 radical (unpaired) electrons. The third kappa shape index (κ3) is 9.86. The van der Waals surface area contributed by atoms with E-state index in [9.17, 15) is 4.79 Å². The van der Waals surface area contributed by atoms with Gasteiger partial charge in [0.1, 0.15) is 0 Å². The van der Waals surface area contributed by atoms with Gasteiger partial charge in [-0.1, -0.05) is 20.8 Å². The van der Waals surface area contributed by atoms with Gasteiger partial charge in [0.2, 0.25) is 5.91 Å². The van der Waals surface area contributed by atoms with E-state index >= 15 is 0 Å². The zero-order valence-electron chi connectivity index (χ0n) is 14.7. The standard InChI is InChI=1S/C15H29NO3.C2H6/c1-4-8-18-9-5-6-15(17)16-11-14(12-16)7-10-19-13(2)3;1-2/h13-14H,4-12H2,1-3H3;1-2H3. The van der Waals surface area contributed by atoms with E-state index in [2.05, 4.69) is 20.8 Å². The second kappa shape index (κ2) is 13.1. The van der Waals surface area contributed by atoms with Crippen LogP contribution in [0.2, 0.25) is 0 Å². The predicted molar refractivity (Wildman–Crippen MR) is 87.5 cm³/mol. The van der Waals surface area contributed by atoms with Crippen LogP contribution in [0, 0.1) is 5.92 Å². The summed E-state index contributed by atoms with van der Waals surface area (Å²) in [5, 5.41) is 0. The zero-order valence-corrected chi connectivity index (χ0v) is 14.7. The summed E-state index contributed by atoms with van der Waals surface area (Å²) in [7, 11) is 0. The predicted octanol–water partition coefficient (Wildman–Crippen LogP) is 3.49. The van der Waals surface area contributed by atoms with E-state index in [-0.39, 0.29) is 5.91 Å². The molecule has 1 heterocycles. The Kier molecular flexibility index (Phi) is 12.7. The highest BCUT2D eigenvalue weighted by Crippen LogP contribution is 2.20. The zero-order chi connectivity index (χ0) is 16.1. The average Bonchev–Trinajstić information content (AvgIpc) is 2.42. The van der Waals surface area contributed by atoms with Gasteiger partial charge in [-0.25, -0.2) is 0 Å². The largest absolute Gasteiger partial charge is 0.381 e. The number of amides is 1. The minimum Gasteiger partial charge on any atom is -0.381 e. The molecule has 0 aliphatic carbocycles. The third-order valence-corrected chi connectivity index (χ3v) is 3.31. The van der Waals surface area contributed by atoms with Crippen LogP contribution < -0.4 is 0 Å². The van der Waals surface area contributed by atoms with E-state index in [1.165, 1.54) is 0 Å². The summed E-state index contributed by atoms with van der Waals surface area (Å²) in [5.41, 5.74) is 0. The fourth-order valence-electron chi connectivity index (χ4n) is 2.16. The lowest BCUT2D eigenvalue weighted by atomic mass is 9.96. The average molecular weight is 301 g/mol. The van der Waals surface area contributed by atoms with Gasteiger partial charge in [-0.05, 0) is 39.0 Å². The molecule has 21 heavy (non-hydrogen) atoms. The van der Waals surface area contributed by atoms with Crippen molar-refractivity contribution < 1.29 is 14.3 Å². The van der Waals surface area contributed by atoms with Crippen LogP contribution in [0.1, 0.15) is 60.3 Å². The lowest BCUT2D eigenvalue weighted by molar-refractivity contribution is -0.138. The number of ether oxygens (including phenoxy) is 2. The summed E-state index contributed by atoms with van der Waals surface area (Å²) in [5.74, 6) is 0.917. The lowest BCUT2D eigenvalue weighted by Gasteiger charge is -2.39. The molecular weight excluding hydrogens is 266 g/mol. The highest BCUT2D eigenvalue weighted by Gasteiger charge is 2.29. The molecule has 0 aromatic carbocycles. The van der Waals surface area contributed by atoms with Gasteiger partial charge < -0.3 is 14.4 Å². The number of hydrogen-bond donors (Lipinski definition) is 0. The molecule has 1 aliphatic heterocycles. The summed E-state index contributed by atoms with van der Waals surface area (Å²) in [6.45, 7) is 14.3. The molecule has 0 aromatic heterocycles. The maximum atomic E-state index is 11.8. The van der Waals surface area contributed by atoms with Crippen LogP contribution in [0.5, 0.6) is 0 Å². The maximum Gasteiger partial charge on any atom is 0.222 e. The van der Waals surface area contributed by atoms with Gasteiger partial charge >= 0.3 is 0 Å². The highest BCUT2D eigenvalue weighted by molar-refractivity contribution is 5.76. The molecule has 1 saturated heterocycles. The van der Waals surface area contributed by atoms with Crippen LogP contribution in [0.3, 0.4) is 0 Å². The molecule has 126 valence electrons. The first-order valence-corrected chi connectivity index (χ1v) is 8.60. The number of hydrogen-bond acceptors (Lipinski definition) is 3. The maximum absolute atomic E-state index is 11.8. The number of likely N-dealkylation sites (tertiary alicyclic amines) is 1. The molecule has 0 bridgehead atoms. The van der Waals surface area contributed by atoms with E-state index in [0.29, 0.717) is 25.0 Å². The minimum atomic E-state index is 0.279. The van der Waals surface area contributed by atoms with Crippen molar-refractivity contribution in [3.63, 3.8) is 0 Å². The van der Waals surface area contributed by atoms with Gasteiger partial charge in [-0.3, -0.25) is 4.79 Å². The fraction of sp³-hybridized carbons (Fsp3) is 0.941. The number of rotatable bonds is 10. The van der Waals surface area contributed by atoms with Crippen molar-refractivity contribution >= 4 is 5.91 Å². The molecular formula is C17H35NO3. The molecule has 0 spiro atoms. The van der Waals surface area contributed by atoms with Crippen LogP contribution in [-0.2, 0) is 14.3 Å². The van der Waals surface area contributed by atoms with Crippen molar-refractivity contribution in [1.29, 1.82) is 0 Å². The Morgan fingerprint density at radius 2 is 1.86 bits per heavy atom. The summed E-state index contributed by atoms with van der Waals surface area (Å²) < 4.78 is 10.9. The molecule has 1 rings (SSSR count). The van der Waals surface area contributed by atoms with Gasteiger partial charge in [0.25, 0.3) is 0 Å². The Balaban J connectivity index is 0.00000191. The fourth-order valence-corrected chi connectivity index (χ4v) is 2.16. The van der Waals surface area contributed by atoms with Crippen molar-refractivity contribution in [1.82, 2.24) is 4.90 Å². The van der Waals surface area contributed by atoms with Gasteiger partial charge in [0.05, 0.1) is 6.10 Å². The summed E-state index contributed by atoms with van der Waals surface area (Å²) in [4.78, 5) is 13.8. The van der Waals surface area contributed by atoms with Crippen LogP contribution >= 0.6 is 0 Å². The van der Waals surface area contributed by atoms with E-state index in [1.807, 2.05) is 18.7 Å². The normalized spacial score (nSPS) is 14.7. The first-order valence-electron chi connectivity index (χ1n) is 8.60. The van der Waals surface area contributed by atoms with Gasteiger partial charge in [-0.15, -0.1) is 0 Å². The summed E-state index contributed by atoms with van der Waals surface area (Å²) >= 11 is 0. The second-order valence-electron chi connectivity index (χ2n) is 5.59. The first-order chi connectivity index (χ1) is 10.1. The van der Waals surface area contributed by atoms with Gasteiger partial charge in [0, 0.05) is 39.3 Å². The molecule has 1 aliphatic rings. The molecule has 0 atom stereocenters. The molecule has 0 aromatic rings. The first kappa shape index (κ1) is 20.4. The molecule has 1 amide bonds. The van der Waals surface area contributed by atoms with Crippen molar-refractivity contribution in [3.8, 4) is 0 Å². The van der Waals surface area contributed by atoms with E-state index < -0.39 is 0 Å². The van der Waals surface area contributed by atoms with Gasteiger partial charge in [-0.2, -0.15) is 0 Å². The Hall–Kier alpha value is -0.610. The Morgan fingerprint density at radius 1 is 1.19 bits per heavy atom. The van der Waals surface area contributed by atoms with E-state index in [1.54, 1.807) is 0 Å². The summed E-state index contributed by atoms with van der Waals surface area (Å²) in [6, 6.07) is 0. The number of carbonyl (C=O) groups is 1. The van der Waals surface area contributed by atoms with Crippen molar-refractivity contribution in [2.24, 2.45) is 5.92 Å². The quantitative estimate of drug-likeness (QED) is 0.580. The van der Waals surface area contributed by atoms with E-state index in [0.717, 1.165) is 45.6 Å². The lowest BCUT2D eigenvalue weighted by Crippen LogP contribution is -2.50. The molecule has 1 fully saturated rings. The van der Waals surface area contributed by atoms with Gasteiger partial charge in [0.15, 0.2) is 0 Å². The Bertz CT molecular complexity index is 250. The number of carbonyl (C=O) groups excluding carboxylic acids is 1. The molecule has 4 heteroatoms. The highest BCUT2D eigenvalue weighted by atomic mass is 16.5. The van der Waals surface area contributed by atoms with Crippen molar-refractivity contribution in [2.45, 2.75) is 66.4 Å². The summed E-state index contributed by atoms with van der Waals surface area (Å²) in [6.07, 6.45) is 3.89. The van der Waals surface area contributed by atoms with Crippen LogP contribution in [0.15, 0.2) is 0 Å². The van der Waals surface area contributed by atoms with Crippen LogP contribution in [0.4, 0.5) is 0 Å². The minimum absolute atomic E-state index is 0.279. The van der Waals surface area contributed by atoms with Crippen LogP contribution in [0.25, 0.3) is 0 Å². The third-order valence-electron chi connectivity index (χ3n) is 3.31. The van der Waals surface area contributed by atoms with E-state index in [4.69, 9.17) is 9.47 Å². The molecule has 0 saturated carbocycles. The van der Waals surface area contributed by atoms with Crippen LogP contribution in [-0.4, -0.2) is 49.8 Å². The topological polar surface area (TPSA) is 38.8 Å². The molecule has 0 unspecified atom stereocenters. The molecule has 4 nitrogen and oxygen atoms in total. The Labute approximate surface area is 131 Å². The Morgan fingerprint density at radius 3 is 2.43 bits per heavy atom. The smallest absolute Gasteiger partial charge is 0.222 e. The second-order valence-corrected chi connectivity index (χ2v) is 5.59. The SMILES string of the molecule is CC.CCCOCCCC(=O)N1CC(CCOC(C)C)C1. The number of nitrogens with zero attached hydrogens (tertiary/aromatic N) is 1.